The summed E-state index contributed by atoms with van der Waals surface area (Å²) in [6.45, 7) is 0.452. The molecule has 0 radical (unpaired) electrons. The van der Waals surface area contributed by atoms with E-state index in [1.165, 1.54) is 6.20 Å². The maximum absolute atomic E-state index is 11.3. The zero-order valence-corrected chi connectivity index (χ0v) is 11.4. The average Bonchev–Trinajstić information content (AvgIpc) is 2.48. The summed E-state index contributed by atoms with van der Waals surface area (Å²) >= 11 is 0. The number of primary amides is 1. The van der Waals surface area contributed by atoms with Gasteiger partial charge in [-0.1, -0.05) is 18.2 Å². The third-order valence-electron chi connectivity index (χ3n) is 2.99. The zero-order valence-electron chi connectivity index (χ0n) is 11.4. The first-order valence-electron chi connectivity index (χ1n) is 6.33. The van der Waals surface area contributed by atoms with Crippen molar-refractivity contribution in [3.05, 3.63) is 53.9 Å². The number of aromatic nitrogens is 1. The number of para-hydroxylation sites is 1. The number of nitrogens with two attached hydrogens (primary N) is 2. The Kier molecular flexibility index (Phi) is 4.36. The number of carbonyl (C=O) groups excluding carboxylic acids is 1. The molecule has 0 aliphatic rings. The molecule has 1 amide bonds. The van der Waals surface area contributed by atoms with Gasteiger partial charge >= 0.3 is 0 Å². The van der Waals surface area contributed by atoms with Crippen LogP contribution in [-0.2, 0) is 11.3 Å². The predicted octanol–water partition coefficient (Wildman–Crippen LogP) is 1.03. The Hall–Kier alpha value is -3.07. The molecule has 0 bridgehead atoms. The molecule has 0 atom stereocenters. The minimum absolute atomic E-state index is 0.0310. The van der Waals surface area contributed by atoms with Crippen LogP contribution in [0.1, 0.15) is 11.3 Å². The molecular weight excluding hydrogens is 266 g/mol. The van der Waals surface area contributed by atoms with Gasteiger partial charge in [0.15, 0.2) is 0 Å². The van der Waals surface area contributed by atoms with E-state index in [4.69, 9.17) is 16.7 Å². The van der Waals surface area contributed by atoms with Gasteiger partial charge in [0.25, 0.3) is 0 Å². The molecule has 0 aliphatic heterocycles. The maximum atomic E-state index is 11.3. The average molecular weight is 281 g/mol. The SMILES string of the molecule is N#Cc1cc(N(CC(N)=O)Cc2ccccc2N)ccn1. The summed E-state index contributed by atoms with van der Waals surface area (Å²) in [5, 5.41) is 8.92. The van der Waals surface area contributed by atoms with E-state index in [1.807, 2.05) is 24.3 Å². The molecule has 2 aromatic rings. The lowest BCUT2D eigenvalue weighted by Crippen LogP contribution is -2.33. The van der Waals surface area contributed by atoms with Crippen molar-refractivity contribution in [2.45, 2.75) is 6.54 Å². The van der Waals surface area contributed by atoms with Gasteiger partial charge in [-0.25, -0.2) is 4.98 Å². The first-order chi connectivity index (χ1) is 10.1. The summed E-state index contributed by atoms with van der Waals surface area (Å²) in [5.74, 6) is -0.458. The molecule has 1 aromatic carbocycles. The van der Waals surface area contributed by atoms with Crippen LogP contribution in [0.5, 0.6) is 0 Å². The Morgan fingerprint density at radius 3 is 2.76 bits per heavy atom. The lowest BCUT2D eigenvalue weighted by Gasteiger charge is -2.24. The number of anilines is 2. The third-order valence-corrected chi connectivity index (χ3v) is 2.99. The lowest BCUT2D eigenvalue weighted by molar-refractivity contribution is -0.116. The fourth-order valence-electron chi connectivity index (χ4n) is 1.99. The number of benzene rings is 1. The number of hydrogen-bond acceptors (Lipinski definition) is 5. The molecule has 0 spiro atoms. The van der Waals surface area contributed by atoms with Gasteiger partial charge in [-0.2, -0.15) is 5.26 Å². The van der Waals surface area contributed by atoms with E-state index in [0.717, 1.165) is 5.56 Å². The van der Waals surface area contributed by atoms with E-state index in [9.17, 15) is 4.79 Å². The van der Waals surface area contributed by atoms with Crippen LogP contribution in [0.4, 0.5) is 11.4 Å². The Labute approximate surface area is 122 Å². The molecule has 106 valence electrons. The number of pyridine rings is 1. The molecule has 0 fully saturated rings. The molecule has 2 rings (SSSR count). The van der Waals surface area contributed by atoms with Gasteiger partial charge in [-0.3, -0.25) is 4.79 Å². The molecule has 4 N–H and O–H groups in total. The van der Waals surface area contributed by atoms with E-state index in [1.54, 1.807) is 23.1 Å². The van der Waals surface area contributed by atoms with Crippen LogP contribution in [0.2, 0.25) is 0 Å². The first kappa shape index (κ1) is 14.3. The van der Waals surface area contributed by atoms with E-state index >= 15 is 0 Å². The summed E-state index contributed by atoms with van der Waals surface area (Å²) < 4.78 is 0. The van der Waals surface area contributed by atoms with Crippen LogP contribution < -0.4 is 16.4 Å². The van der Waals surface area contributed by atoms with Gasteiger partial charge < -0.3 is 16.4 Å². The number of nitriles is 1. The van der Waals surface area contributed by atoms with Gasteiger partial charge in [0, 0.05) is 24.1 Å². The first-order valence-corrected chi connectivity index (χ1v) is 6.33. The molecule has 0 saturated carbocycles. The van der Waals surface area contributed by atoms with Crippen molar-refractivity contribution in [2.75, 3.05) is 17.2 Å². The minimum Gasteiger partial charge on any atom is -0.398 e. The van der Waals surface area contributed by atoms with E-state index in [2.05, 4.69) is 4.98 Å². The minimum atomic E-state index is -0.458. The molecule has 6 nitrogen and oxygen atoms in total. The summed E-state index contributed by atoms with van der Waals surface area (Å²) in [4.78, 5) is 17.0. The summed E-state index contributed by atoms with van der Waals surface area (Å²) in [5.41, 5.74) is 13.7. The number of carbonyl (C=O) groups is 1. The number of nitrogens with zero attached hydrogens (tertiary/aromatic N) is 3. The van der Waals surface area contributed by atoms with Crippen molar-refractivity contribution in [1.82, 2.24) is 4.98 Å². The van der Waals surface area contributed by atoms with Crippen molar-refractivity contribution in [3.63, 3.8) is 0 Å². The standard InChI is InChI=1S/C15H15N5O/c16-8-12-7-13(5-6-19-12)20(10-15(18)21)9-11-3-1-2-4-14(11)17/h1-7H,9-10,17H2,(H2,18,21). The quantitative estimate of drug-likeness (QED) is 0.795. The fraction of sp³-hybridized carbons (Fsp3) is 0.133. The van der Waals surface area contributed by atoms with Crippen LogP contribution in [0.3, 0.4) is 0 Å². The Balaban J connectivity index is 2.32. The summed E-state index contributed by atoms with van der Waals surface area (Å²) in [7, 11) is 0. The normalized spacial score (nSPS) is 9.86. The Morgan fingerprint density at radius 2 is 2.10 bits per heavy atom. The molecule has 1 heterocycles. The zero-order chi connectivity index (χ0) is 15.2. The predicted molar refractivity (Wildman–Crippen MR) is 80.1 cm³/mol. The molecule has 0 unspecified atom stereocenters. The second-order valence-corrected chi connectivity index (χ2v) is 4.53. The van der Waals surface area contributed by atoms with Crippen molar-refractivity contribution >= 4 is 17.3 Å². The summed E-state index contributed by atoms with van der Waals surface area (Å²) in [6, 6.07) is 12.7. The monoisotopic (exact) mass is 281 g/mol. The lowest BCUT2D eigenvalue weighted by atomic mass is 10.1. The highest BCUT2D eigenvalue weighted by atomic mass is 16.1. The van der Waals surface area contributed by atoms with Crippen LogP contribution in [0, 0.1) is 11.3 Å². The maximum Gasteiger partial charge on any atom is 0.236 e. The van der Waals surface area contributed by atoms with Gasteiger partial charge in [0.05, 0.1) is 6.54 Å². The van der Waals surface area contributed by atoms with Crippen molar-refractivity contribution in [3.8, 4) is 6.07 Å². The highest BCUT2D eigenvalue weighted by Gasteiger charge is 2.12. The van der Waals surface area contributed by atoms with Crippen LogP contribution >= 0.6 is 0 Å². The second-order valence-electron chi connectivity index (χ2n) is 4.53. The van der Waals surface area contributed by atoms with Gasteiger partial charge in [0.1, 0.15) is 11.8 Å². The Morgan fingerprint density at radius 1 is 1.33 bits per heavy atom. The van der Waals surface area contributed by atoms with E-state index in [-0.39, 0.29) is 12.2 Å². The van der Waals surface area contributed by atoms with Crippen LogP contribution in [0.15, 0.2) is 42.6 Å². The highest BCUT2D eigenvalue weighted by Crippen LogP contribution is 2.20. The Bertz CT molecular complexity index is 692. The molecule has 1 aromatic heterocycles. The van der Waals surface area contributed by atoms with E-state index < -0.39 is 5.91 Å². The molecule has 0 aliphatic carbocycles. The van der Waals surface area contributed by atoms with E-state index in [0.29, 0.717) is 17.9 Å². The molecule has 0 saturated heterocycles. The second kappa shape index (κ2) is 6.39. The number of amides is 1. The van der Waals surface area contributed by atoms with Crippen LogP contribution in [-0.4, -0.2) is 17.4 Å². The summed E-state index contributed by atoms with van der Waals surface area (Å²) in [6.07, 6.45) is 1.52. The number of nitrogen functional groups attached to an aromatic ring is 1. The number of rotatable bonds is 5. The third kappa shape index (κ3) is 3.70. The fourth-order valence-corrected chi connectivity index (χ4v) is 1.99. The smallest absolute Gasteiger partial charge is 0.236 e. The van der Waals surface area contributed by atoms with Gasteiger partial charge in [0.2, 0.25) is 5.91 Å². The van der Waals surface area contributed by atoms with Crippen molar-refractivity contribution in [1.29, 1.82) is 5.26 Å². The molecule has 6 heteroatoms. The molecular formula is C15H15N5O. The number of hydrogen-bond donors (Lipinski definition) is 2. The van der Waals surface area contributed by atoms with Gasteiger partial charge in [-0.05, 0) is 23.8 Å². The van der Waals surface area contributed by atoms with Crippen molar-refractivity contribution in [2.24, 2.45) is 5.73 Å². The largest absolute Gasteiger partial charge is 0.398 e. The van der Waals surface area contributed by atoms with Gasteiger partial charge in [-0.15, -0.1) is 0 Å². The topological polar surface area (TPSA) is 109 Å². The molecule has 21 heavy (non-hydrogen) atoms. The van der Waals surface area contributed by atoms with Crippen LogP contribution in [0.25, 0.3) is 0 Å². The van der Waals surface area contributed by atoms with Crippen molar-refractivity contribution < 1.29 is 4.79 Å². The highest BCUT2D eigenvalue weighted by molar-refractivity contribution is 5.79.